The second kappa shape index (κ2) is 9.30. The number of hydrogen-bond donors (Lipinski definition) is 1. The van der Waals surface area contributed by atoms with E-state index in [2.05, 4.69) is 5.32 Å². The molecule has 0 saturated carbocycles. The molecule has 1 atom stereocenters. The van der Waals surface area contributed by atoms with Crippen LogP contribution < -0.4 is 10.1 Å². The average molecular weight is 319 g/mol. The number of ether oxygens (including phenoxy) is 2. The summed E-state index contributed by atoms with van der Waals surface area (Å²) in [6, 6.07) is 7.10. The Bertz CT molecular complexity index is 524. The van der Waals surface area contributed by atoms with E-state index in [0.29, 0.717) is 43.4 Å². The fraction of sp³-hybridized carbons (Fsp3) is 0.556. The molecule has 1 aromatic carbocycles. The molecular formula is C18H25NO4. The van der Waals surface area contributed by atoms with Gasteiger partial charge in [0.1, 0.15) is 5.75 Å². The number of ketones is 1. The lowest BCUT2D eigenvalue weighted by molar-refractivity contribution is -0.121. The molecule has 0 radical (unpaired) electrons. The van der Waals surface area contributed by atoms with Crippen molar-refractivity contribution in [2.75, 3.05) is 19.8 Å². The summed E-state index contributed by atoms with van der Waals surface area (Å²) in [5, 5.41) is 2.91. The van der Waals surface area contributed by atoms with Crippen LogP contribution in [0.4, 0.5) is 0 Å². The third kappa shape index (κ3) is 6.40. The molecule has 1 heterocycles. The highest BCUT2D eigenvalue weighted by molar-refractivity contribution is 5.94. The third-order valence-corrected chi connectivity index (χ3v) is 3.87. The van der Waals surface area contributed by atoms with Gasteiger partial charge in [-0.2, -0.15) is 0 Å². The quantitative estimate of drug-likeness (QED) is 0.561. The molecule has 0 unspecified atom stereocenters. The first-order valence-corrected chi connectivity index (χ1v) is 8.27. The predicted molar refractivity (Wildman–Crippen MR) is 87.8 cm³/mol. The number of amides is 1. The van der Waals surface area contributed by atoms with Crippen LogP contribution in [0, 0.1) is 0 Å². The zero-order valence-electron chi connectivity index (χ0n) is 13.7. The predicted octanol–water partition coefficient (Wildman–Crippen LogP) is 2.73. The lowest BCUT2D eigenvalue weighted by Crippen LogP contribution is -2.27. The van der Waals surface area contributed by atoms with E-state index in [4.69, 9.17) is 9.47 Å². The summed E-state index contributed by atoms with van der Waals surface area (Å²) >= 11 is 0. The molecule has 0 aliphatic carbocycles. The SMILES string of the molecule is CC(=O)c1cccc(OCCCC(=O)NCC[C@@H]2CCCO2)c1. The molecule has 1 amide bonds. The maximum atomic E-state index is 11.7. The van der Waals surface area contributed by atoms with Crippen molar-refractivity contribution in [2.45, 2.75) is 45.1 Å². The number of nitrogens with one attached hydrogen (secondary N) is 1. The van der Waals surface area contributed by atoms with E-state index in [9.17, 15) is 9.59 Å². The first-order valence-electron chi connectivity index (χ1n) is 8.27. The van der Waals surface area contributed by atoms with Gasteiger partial charge < -0.3 is 14.8 Å². The van der Waals surface area contributed by atoms with Crippen molar-refractivity contribution in [2.24, 2.45) is 0 Å². The van der Waals surface area contributed by atoms with Crippen molar-refractivity contribution in [1.82, 2.24) is 5.32 Å². The van der Waals surface area contributed by atoms with Gasteiger partial charge in [-0.05, 0) is 44.7 Å². The molecule has 1 N–H and O–H groups in total. The van der Waals surface area contributed by atoms with Crippen molar-refractivity contribution in [3.05, 3.63) is 29.8 Å². The number of carbonyl (C=O) groups excluding carboxylic acids is 2. The van der Waals surface area contributed by atoms with E-state index in [0.717, 1.165) is 25.9 Å². The van der Waals surface area contributed by atoms with Crippen LogP contribution in [0.25, 0.3) is 0 Å². The molecule has 0 bridgehead atoms. The van der Waals surface area contributed by atoms with E-state index < -0.39 is 0 Å². The molecule has 126 valence electrons. The molecule has 1 aromatic rings. The van der Waals surface area contributed by atoms with Crippen LogP contribution in [-0.4, -0.2) is 37.6 Å². The van der Waals surface area contributed by atoms with Gasteiger partial charge >= 0.3 is 0 Å². The van der Waals surface area contributed by atoms with E-state index >= 15 is 0 Å². The van der Waals surface area contributed by atoms with E-state index in [1.165, 1.54) is 6.92 Å². The molecule has 1 saturated heterocycles. The normalized spacial score (nSPS) is 17.0. The molecule has 5 nitrogen and oxygen atoms in total. The Morgan fingerprint density at radius 1 is 1.39 bits per heavy atom. The Morgan fingerprint density at radius 3 is 3.00 bits per heavy atom. The number of benzene rings is 1. The lowest BCUT2D eigenvalue weighted by atomic mass is 10.1. The summed E-state index contributed by atoms with van der Waals surface area (Å²) in [5.74, 6) is 0.724. The van der Waals surface area contributed by atoms with Gasteiger partial charge in [-0.25, -0.2) is 0 Å². The summed E-state index contributed by atoms with van der Waals surface area (Å²) in [6.45, 7) is 3.51. The van der Waals surface area contributed by atoms with Crippen molar-refractivity contribution in [1.29, 1.82) is 0 Å². The maximum absolute atomic E-state index is 11.7. The highest BCUT2D eigenvalue weighted by atomic mass is 16.5. The number of rotatable bonds is 9. The van der Waals surface area contributed by atoms with Crippen molar-refractivity contribution >= 4 is 11.7 Å². The van der Waals surface area contributed by atoms with Crippen LogP contribution in [0.3, 0.4) is 0 Å². The van der Waals surface area contributed by atoms with Crippen LogP contribution >= 0.6 is 0 Å². The van der Waals surface area contributed by atoms with Crippen LogP contribution in [0.5, 0.6) is 5.75 Å². The van der Waals surface area contributed by atoms with Gasteiger partial charge in [-0.15, -0.1) is 0 Å². The minimum Gasteiger partial charge on any atom is -0.494 e. The van der Waals surface area contributed by atoms with Crippen molar-refractivity contribution in [3.63, 3.8) is 0 Å². The first-order chi connectivity index (χ1) is 11.1. The van der Waals surface area contributed by atoms with Crippen LogP contribution in [-0.2, 0) is 9.53 Å². The van der Waals surface area contributed by atoms with Gasteiger partial charge in [0.05, 0.1) is 12.7 Å². The highest BCUT2D eigenvalue weighted by Gasteiger charge is 2.15. The standard InChI is InChI=1S/C18H25NO4/c1-14(20)15-5-2-6-17(13-15)23-12-4-8-18(21)19-10-9-16-7-3-11-22-16/h2,5-6,13,16H,3-4,7-12H2,1H3,(H,19,21)/t16-/m0/s1. The lowest BCUT2D eigenvalue weighted by Gasteiger charge is -2.10. The number of hydrogen-bond acceptors (Lipinski definition) is 4. The minimum absolute atomic E-state index is 0.0149. The van der Waals surface area contributed by atoms with E-state index in [-0.39, 0.29) is 11.7 Å². The third-order valence-electron chi connectivity index (χ3n) is 3.87. The fourth-order valence-electron chi connectivity index (χ4n) is 2.56. The minimum atomic E-state index is 0.0149. The van der Waals surface area contributed by atoms with Gasteiger partial charge in [0, 0.05) is 25.1 Å². The topological polar surface area (TPSA) is 64.6 Å². The molecule has 1 aliphatic rings. The molecular weight excluding hydrogens is 294 g/mol. The zero-order valence-corrected chi connectivity index (χ0v) is 13.7. The summed E-state index contributed by atoms with van der Waals surface area (Å²) in [6.07, 6.45) is 4.52. The molecule has 1 aliphatic heterocycles. The van der Waals surface area contributed by atoms with E-state index in [1.54, 1.807) is 18.2 Å². The molecule has 23 heavy (non-hydrogen) atoms. The van der Waals surface area contributed by atoms with Crippen molar-refractivity contribution < 1.29 is 19.1 Å². The van der Waals surface area contributed by atoms with Crippen LogP contribution in [0.1, 0.15) is 49.4 Å². The van der Waals surface area contributed by atoms with Gasteiger partial charge in [0.25, 0.3) is 0 Å². The smallest absolute Gasteiger partial charge is 0.220 e. The Balaban J connectivity index is 1.56. The second-order valence-corrected chi connectivity index (χ2v) is 5.81. The zero-order chi connectivity index (χ0) is 16.5. The summed E-state index contributed by atoms with van der Waals surface area (Å²) in [5.41, 5.74) is 0.634. The van der Waals surface area contributed by atoms with E-state index in [1.807, 2.05) is 6.07 Å². The Hall–Kier alpha value is -1.88. The summed E-state index contributed by atoms with van der Waals surface area (Å²) in [4.78, 5) is 23.0. The summed E-state index contributed by atoms with van der Waals surface area (Å²) in [7, 11) is 0. The Labute approximate surface area is 137 Å². The molecule has 1 fully saturated rings. The van der Waals surface area contributed by atoms with Gasteiger partial charge in [0.2, 0.25) is 5.91 Å². The van der Waals surface area contributed by atoms with Gasteiger partial charge in [-0.1, -0.05) is 12.1 Å². The van der Waals surface area contributed by atoms with Gasteiger partial charge in [-0.3, -0.25) is 9.59 Å². The van der Waals surface area contributed by atoms with Crippen LogP contribution in [0.2, 0.25) is 0 Å². The monoisotopic (exact) mass is 319 g/mol. The second-order valence-electron chi connectivity index (χ2n) is 5.81. The fourth-order valence-corrected chi connectivity index (χ4v) is 2.56. The molecule has 5 heteroatoms. The molecule has 0 aromatic heterocycles. The van der Waals surface area contributed by atoms with Crippen molar-refractivity contribution in [3.8, 4) is 5.75 Å². The Morgan fingerprint density at radius 2 is 2.26 bits per heavy atom. The average Bonchev–Trinajstić information content (AvgIpc) is 3.05. The van der Waals surface area contributed by atoms with Crippen LogP contribution in [0.15, 0.2) is 24.3 Å². The highest BCUT2D eigenvalue weighted by Crippen LogP contribution is 2.15. The number of carbonyl (C=O) groups is 2. The molecule has 2 rings (SSSR count). The maximum Gasteiger partial charge on any atom is 0.220 e. The van der Waals surface area contributed by atoms with Gasteiger partial charge in [0.15, 0.2) is 5.78 Å². The largest absolute Gasteiger partial charge is 0.494 e. The Kier molecular flexibility index (Phi) is 7.07. The molecule has 0 spiro atoms. The first kappa shape index (κ1) is 17.5. The number of Topliss-reactive ketones (excluding diaryl/α,β-unsaturated/α-hetero) is 1. The summed E-state index contributed by atoms with van der Waals surface area (Å²) < 4.78 is 11.1.